The Morgan fingerprint density at radius 3 is 2.85 bits per heavy atom. The van der Waals surface area contributed by atoms with Crippen molar-refractivity contribution in [3.05, 3.63) is 23.8 Å². The van der Waals surface area contributed by atoms with Gasteiger partial charge in [0.05, 0.1) is 7.11 Å². The van der Waals surface area contributed by atoms with Gasteiger partial charge in [-0.05, 0) is 45.5 Å². The Morgan fingerprint density at radius 1 is 1.38 bits per heavy atom. The first-order valence-electron chi connectivity index (χ1n) is 9.04. The molecular weight excluding hydrogens is 332 g/mol. The summed E-state index contributed by atoms with van der Waals surface area (Å²) in [5.74, 6) is 0.917. The minimum absolute atomic E-state index is 0.210. The molecule has 0 aromatic heterocycles. The number of likely N-dealkylation sites (N-methyl/N-ethyl adjacent to an activating group) is 1. The van der Waals surface area contributed by atoms with E-state index >= 15 is 0 Å². The molecule has 1 heterocycles. The number of amides is 3. The van der Waals surface area contributed by atoms with Crippen LogP contribution in [0.4, 0.5) is 10.5 Å². The van der Waals surface area contributed by atoms with E-state index in [2.05, 4.69) is 15.5 Å². The van der Waals surface area contributed by atoms with Crippen LogP contribution in [0, 0.1) is 6.92 Å². The Kier molecular flexibility index (Phi) is 7.26. The van der Waals surface area contributed by atoms with Crippen molar-refractivity contribution >= 4 is 17.6 Å². The second kappa shape index (κ2) is 9.43. The fourth-order valence-electron chi connectivity index (χ4n) is 3.09. The van der Waals surface area contributed by atoms with Gasteiger partial charge >= 0.3 is 6.03 Å². The van der Waals surface area contributed by atoms with Crippen molar-refractivity contribution in [2.24, 2.45) is 0 Å². The van der Waals surface area contributed by atoms with E-state index in [1.165, 1.54) is 0 Å². The molecule has 3 amide bonds. The van der Waals surface area contributed by atoms with Gasteiger partial charge in [-0.1, -0.05) is 6.07 Å². The summed E-state index contributed by atoms with van der Waals surface area (Å²) >= 11 is 0. The highest BCUT2D eigenvalue weighted by atomic mass is 16.5. The van der Waals surface area contributed by atoms with Gasteiger partial charge in [-0.15, -0.1) is 0 Å². The number of aryl methyl sites for hydroxylation is 1. The van der Waals surface area contributed by atoms with Crippen LogP contribution in [0.25, 0.3) is 0 Å². The van der Waals surface area contributed by atoms with Crippen LogP contribution in [0.1, 0.15) is 24.8 Å². The predicted molar refractivity (Wildman–Crippen MR) is 103 cm³/mol. The number of carbonyl (C=O) groups is 2. The van der Waals surface area contributed by atoms with E-state index in [0.29, 0.717) is 18.7 Å². The van der Waals surface area contributed by atoms with Crippen LogP contribution in [-0.2, 0) is 4.79 Å². The molecule has 2 rings (SSSR count). The molecule has 0 saturated carbocycles. The van der Waals surface area contributed by atoms with Crippen molar-refractivity contribution in [2.75, 3.05) is 46.2 Å². The van der Waals surface area contributed by atoms with Crippen LogP contribution < -0.4 is 15.4 Å². The fourth-order valence-corrected chi connectivity index (χ4v) is 3.09. The summed E-state index contributed by atoms with van der Waals surface area (Å²) in [7, 11) is 5.60. The summed E-state index contributed by atoms with van der Waals surface area (Å²) in [6.45, 7) is 4.06. The van der Waals surface area contributed by atoms with Crippen LogP contribution in [0.3, 0.4) is 0 Å². The summed E-state index contributed by atoms with van der Waals surface area (Å²) in [4.78, 5) is 28.2. The zero-order valence-corrected chi connectivity index (χ0v) is 16.2. The standard InChI is InChI=1S/C19H30N4O3/c1-14-5-7-16(26-4)13-17(14)21-19(25)20-10-9-15-6-8-18(24)23(15)12-11-22(2)3/h5,7,13,15H,6,8-12H2,1-4H3,(H2,20,21,25)/t15-/m0/s1. The molecule has 0 bridgehead atoms. The van der Waals surface area contributed by atoms with Gasteiger partial charge < -0.3 is 25.2 Å². The first-order valence-corrected chi connectivity index (χ1v) is 9.04. The van der Waals surface area contributed by atoms with Gasteiger partial charge in [-0.3, -0.25) is 4.79 Å². The first kappa shape index (κ1) is 20.0. The average Bonchev–Trinajstić information content (AvgIpc) is 2.95. The van der Waals surface area contributed by atoms with E-state index in [9.17, 15) is 9.59 Å². The van der Waals surface area contributed by atoms with Crippen molar-refractivity contribution in [1.29, 1.82) is 0 Å². The zero-order chi connectivity index (χ0) is 19.1. The number of carbonyl (C=O) groups excluding carboxylic acids is 2. The van der Waals surface area contributed by atoms with Crippen molar-refractivity contribution in [2.45, 2.75) is 32.2 Å². The van der Waals surface area contributed by atoms with Crippen molar-refractivity contribution in [3.63, 3.8) is 0 Å². The van der Waals surface area contributed by atoms with Gasteiger partial charge in [-0.2, -0.15) is 0 Å². The number of rotatable bonds is 8. The van der Waals surface area contributed by atoms with E-state index in [-0.39, 0.29) is 18.0 Å². The molecule has 1 saturated heterocycles. The lowest BCUT2D eigenvalue weighted by Gasteiger charge is -2.26. The first-order chi connectivity index (χ1) is 12.4. The Hall–Kier alpha value is -2.28. The topological polar surface area (TPSA) is 73.9 Å². The molecule has 7 nitrogen and oxygen atoms in total. The number of benzene rings is 1. The molecule has 1 atom stereocenters. The largest absolute Gasteiger partial charge is 0.497 e. The Balaban J connectivity index is 1.79. The molecule has 1 aromatic rings. The number of likely N-dealkylation sites (tertiary alicyclic amines) is 1. The quantitative estimate of drug-likeness (QED) is 0.742. The highest BCUT2D eigenvalue weighted by Gasteiger charge is 2.30. The molecule has 0 spiro atoms. The number of methoxy groups -OCH3 is 1. The SMILES string of the molecule is COc1ccc(C)c(NC(=O)NCC[C@@H]2CCC(=O)N2CCN(C)C)c1. The van der Waals surface area contributed by atoms with Gasteiger partial charge in [0.2, 0.25) is 5.91 Å². The molecule has 144 valence electrons. The van der Waals surface area contributed by atoms with Gasteiger partial charge in [0.1, 0.15) is 5.75 Å². The molecule has 1 fully saturated rings. The second-order valence-corrected chi connectivity index (χ2v) is 6.93. The van der Waals surface area contributed by atoms with Crippen molar-refractivity contribution in [1.82, 2.24) is 15.1 Å². The van der Waals surface area contributed by atoms with Crippen LogP contribution in [0.15, 0.2) is 18.2 Å². The number of hydrogen-bond acceptors (Lipinski definition) is 4. The van der Waals surface area contributed by atoms with Crippen LogP contribution in [-0.4, -0.2) is 68.6 Å². The predicted octanol–water partition coefficient (Wildman–Crippen LogP) is 2.07. The summed E-state index contributed by atoms with van der Waals surface area (Å²) in [6.07, 6.45) is 2.24. The maximum Gasteiger partial charge on any atom is 0.319 e. The Labute approximate surface area is 155 Å². The molecule has 2 N–H and O–H groups in total. The maximum absolute atomic E-state index is 12.1. The summed E-state index contributed by atoms with van der Waals surface area (Å²) in [6, 6.07) is 5.53. The molecule has 26 heavy (non-hydrogen) atoms. The maximum atomic E-state index is 12.1. The lowest BCUT2D eigenvalue weighted by molar-refractivity contribution is -0.129. The van der Waals surface area contributed by atoms with Crippen molar-refractivity contribution in [3.8, 4) is 5.75 Å². The number of nitrogens with zero attached hydrogens (tertiary/aromatic N) is 2. The number of ether oxygens (including phenoxy) is 1. The molecule has 0 aliphatic carbocycles. The van der Waals surface area contributed by atoms with E-state index in [1.807, 2.05) is 38.1 Å². The molecule has 1 aromatic carbocycles. The number of anilines is 1. The highest BCUT2D eigenvalue weighted by molar-refractivity contribution is 5.90. The third kappa shape index (κ3) is 5.62. The Morgan fingerprint density at radius 2 is 2.15 bits per heavy atom. The lowest BCUT2D eigenvalue weighted by atomic mass is 10.1. The molecule has 1 aliphatic heterocycles. The van der Waals surface area contributed by atoms with E-state index in [1.54, 1.807) is 13.2 Å². The van der Waals surface area contributed by atoms with E-state index in [4.69, 9.17) is 4.74 Å². The molecule has 7 heteroatoms. The summed E-state index contributed by atoms with van der Waals surface area (Å²) < 4.78 is 5.19. The van der Waals surface area contributed by atoms with E-state index in [0.717, 1.165) is 37.2 Å². The monoisotopic (exact) mass is 362 g/mol. The van der Waals surface area contributed by atoms with Crippen LogP contribution in [0.5, 0.6) is 5.75 Å². The smallest absolute Gasteiger partial charge is 0.319 e. The van der Waals surface area contributed by atoms with Crippen LogP contribution >= 0.6 is 0 Å². The second-order valence-electron chi connectivity index (χ2n) is 6.93. The summed E-state index contributed by atoms with van der Waals surface area (Å²) in [5.41, 5.74) is 1.70. The molecular formula is C19H30N4O3. The minimum atomic E-state index is -0.245. The number of urea groups is 1. The lowest BCUT2D eigenvalue weighted by Crippen LogP contribution is -2.40. The summed E-state index contributed by atoms with van der Waals surface area (Å²) in [5, 5.41) is 5.74. The minimum Gasteiger partial charge on any atom is -0.497 e. The number of nitrogens with one attached hydrogen (secondary N) is 2. The molecule has 0 radical (unpaired) electrons. The fraction of sp³-hybridized carbons (Fsp3) is 0.579. The molecule has 0 unspecified atom stereocenters. The average molecular weight is 362 g/mol. The highest BCUT2D eigenvalue weighted by Crippen LogP contribution is 2.22. The van der Waals surface area contributed by atoms with Gasteiger partial charge in [0.25, 0.3) is 0 Å². The van der Waals surface area contributed by atoms with Gasteiger partial charge in [0.15, 0.2) is 0 Å². The zero-order valence-electron chi connectivity index (χ0n) is 16.2. The number of hydrogen-bond donors (Lipinski definition) is 2. The van der Waals surface area contributed by atoms with Crippen molar-refractivity contribution < 1.29 is 14.3 Å². The van der Waals surface area contributed by atoms with Gasteiger partial charge in [0, 0.05) is 43.9 Å². The molecule has 1 aliphatic rings. The normalized spacial score (nSPS) is 16.9. The third-order valence-electron chi connectivity index (χ3n) is 4.70. The Bertz CT molecular complexity index is 633. The third-order valence-corrected chi connectivity index (χ3v) is 4.70. The van der Waals surface area contributed by atoms with Crippen LogP contribution in [0.2, 0.25) is 0 Å². The van der Waals surface area contributed by atoms with Gasteiger partial charge in [-0.25, -0.2) is 4.79 Å². The van der Waals surface area contributed by atoms with E-state index < -0.39 is 0 Å².